The van der Waals surface area contributed by atoms with Crippen LogP contribution in [0.25, 0.3) is 0 Å². The first-order valence-electron chi connectivity index (χ1n) is 7.99. The predicted octanol–water partition coefficient (Wildman–Crippen LogP) is 2.81. The van der Waals surface area contributed by atoms with Crippen molar-refractivity contribution in [2.45, 2.75) is 45.1 Å². The number of halogens is 3. The average Bonchev–Trinajstić information content (AvgIpc) is 2.47. The summed E-state index contributed by atoms with van der Waals surface area (Å²) in [5, 5.41) is 0. The molecule has 1 aromatic rings. The number of rotatable bonds is 5. The van der Waals surface area contributed by atoms with Gasteiger partial charge >= 0.3 is 6.18 Å². The van der Waals surface area contributed by atoms with Gasteiger partial charge in [-0.3, -0.25) is 9.69 Å². The highest BCUT2D eigenvalue weighted by Crippen LogP contribution is 2.30. The number of nitrogens with zero attached hydrogens (tertiary/aromatic N) is 1. The molecule has 7 heteroatoms. The number of ether oxygens (including phenoxy) is 1. The van der Waals surface area contributed by atoms with Crippen LogP contribution in [0.15, 0.2) is 24.3 Å². The Labute approximate surface area is 139 Å². The van der Waals surface area contributed by atoms with Crippen molar-refractivity contribution in [2.24, 2.45) is 11.7 Å². The zero-order chi connectivity index (χ0) is 17.9. The number of morpholine rings is 1. The van der Waals surface area contributed by atoms with Crippen LogP contribution >= 0.6 is 0 Å². The fourth-order valence-electron chi connectivity index (χ4n) is 3.07. The van der Waals surface area contributed by atoms with E-state index in [1.165, 1.54) is 6.07 Å². The molecule has 1 fully saturated rings. The molecule has 0 saturated carbocycles. The molecule has 134 valence electrons. The van der Waals surface area contributed by atoms with Crippen LogP contribution in [0.4, 0.5) is 13.2 Å². The highest BCUT2D eigenvalue weighted by Gasteiger charge is 2.36. The Bertz CT molecular complexity index is 575. The molecule has 0 aromatic heterocycles. The second-order valence-corrected chi connectivity index (χ2v) is 6.56. The molecule has 0 bridgehead atoms. The molecule has 24 heavy (non-hydrogen) atoms. The van der Waals surface area contributed by atoms with Crippen LogP contribution in [0.1, 0.15) is 31.4 Å². The van der Waals surface area contributed by atoms with Gasteiger partial charge in [-0.1, -0.05) is 32.0 Å². The quantitative estimate of drug-likeness (QED) is 0.894. The number of hydrogen-bond donors (Lipinski definition) is 1. The maximum absolute atomic E-state index is 12.9. The van der Waals surface area contributed by atoms with Gasteiger partial charge in [0.15, 0.2) is 6.10 Å². The Hall–Kier alpha value is -1.60. The van der Waals surface area contributed by atoms with E-state index in [0.717, 1.165) is 12.1 Å². The molecular formula is C17H23F3N2O2. The lowest BCUT2D eigenvalue weighted by Crippen LogP contribution is -2.56. The van der Waals surface area contributed by atoms with Crippen LogP contribution in [0.5, 0.6) is 0 Å². The Morgan fingerprint density at radius 3 is 2.71 bits per heavy atom. The molecule has 2 N–H and O–H groups in total. The van der Waals surface area contributed by atoms with E-state index < -0.39 is 23.8 Å². The molecule has 1 aromatic carbocycles. The second-order valence-electron chi connectivity index (χ2n) is 6.56. The van der Waals surface area contributed by atoms with E-state index in [4.69, 9.17) is 10.5 Å². The lowest BCUT2D eigenvalue weighted by atomic mass is 9.95. The van der Waals surface area contributed by atoms with E-state index in [1.807, 2.05) is 18.7 Å². The third-order valence-corrected chi connectivity index (χ3v) is 4.13. The summed E-state index contributed by atoms with van der Waals surface area (Å²) < 4.78 is 44.1. The van der Waals surface area contributed by atoms with Crippen molar-refractivity contribution in [3.8, 4) is 0 Å². The predicted molar refractivity (Wildman–Crippen MR) is 84.0 cm³/mol. The topological polar surface area (TPSA) is 55.6 Å². The van der Waals surface area contributed by atoms with E-state index in [2.05, 4.69) is 0 Å². The number of carbonyl (C=O) groups excluding carboxylic acids is 1. The van der Waals surface area contributed by atoms with Gasteiger partial charge in [0.2, 0.25) is 5.91 Å². The fraction of sp³-hybridized carbons (Fsp3) is 0.588. The summed E-state index contributed by atoms with van der Waals surface area (Å²) in [4.78, 5) is 13.6. The molecule has 2 unspecified atom stereocenters. The summed E-state index contributed by atoms with van der Waals surface area (Å²) >= 11 is 0. The first-order valence-corrected chi connectivity index (χ1v) is 7.99. The van der Waals surface area contributed by atoms with Crippen molar-refractivity contribution in [1.29, 1.82) is 0 Å². The molecule has 1 aliphatic rings. The molecule has 0 radical (unpaired) electrons. The van der Waals surface area contributed by atoms with E-state index >= 15 is 0 Å². The Morgan fingerprint density at radius 2 is 2.12 bits per heavy atom. The number of benzene rings is 1. The van der Waals surface area contributed by atoms with Gasteiger partial charge in [-0.2, -0.15) is 13.2 Å². The van der Waals surface area contributed by atoms with Crippen LogP contribution < -0.4 is 5.73 Å². The fourth-order valence-corrected chi connectivity index (χ4v) is 3.07. The first-order chi connectivity index (χ1) is 11.2. The van der Waals surface area contributed by atoms with Crippen molar-refractivity contribution in [3.05, 3.63) is 35.4 Å². The summed E-state index contributed by atoms with van der Waals surface area (Å²) in [7, 11) is 0. The lowest BCUT2D eigenvalue weighted by molar-refractivity contribution is -0.143. The van der Waals surface area contributed by atoms with Crippen LogP contribution in [-0.2, 0) is 22.3 Å². The van der Waals surface area contributed by atoms with Crippen molar-refractivity contribution in [3.63, 3.8) is 0 Å². The van der Waals surface area contributed by atoms with E-state index in [-0.39, 0.29) is 6.04 Å². The molecule has 1 heterocycles. The minimum Gasteiger partial charge on any atom is -0.367 e. The number of amides is 1. The van der Waals surface area contributed by atoms with Gasteiger partial charge in [0.05, 0.1) is 12.2 Å². The molecule has 2 rings (SSSR count). The van der Waals surface area contributed by atoms with Crippen LogP contribution in [0.2, 0.25) is 0 Å². The largest absolute Gasteiger partial charge is 0.416 e. The van der Waals surface area contributed by atoms with Crippen LogP contribution in [0, 0.1) is 5.92 Å². The van der Waals surface area contributed by atoms with Crippen molar-refractivity contribution in [2.75, 3.05) is 13.2 Å². The third kappa shape index (κ3) is 4.70. The third-order valence-electron chi connectivity index (χ3n) is 4.13. The summed E-state index contributed by atoms with van der Waals surface area (Å²) in [6.07, 6.45) is -4.41. The highest BCUT2D eigenvalue weighted by molar-refractivity contribution is 5.79. The van der Waals surface area contributed by atoms with Gasteiger partial charge in [0, 0.05) is 19.1 Å². The monoisotopic (exact) mass is 344 g/mol. The smallest absolute Gasteiger partial charge is 0.367 e. The van der Waals surface area contributed by atoms with Gasteiger partial charge in [-0.15, -0.1) is 0 Å². The normalized spacial score (nSPS) is 22.8. The summed E-state index contributed by atoms with van der Waals surface area (Å²) in [5.41, 5.74) is 5.32. The summed E-state index contributed by atoms with van der Waals surface area (Å²) in [5.74, 6) is -0.225. The number of nitrogens with two attached hydrogens (primary N) is 1. The molecule has 0 aliphatic carbocycles. The van der Waals surface area contributed by atoms with Crippen molar-refractivity contribution in [1.82, 2.24) is 4.90 Å². The number of carbonyl (C=O) groups is 1. The first kappa shape index (κ1) is 18.7. The number of alkyl halides is 3. The van der Waals surface area contributed by atoms with Crippen molar-refractivity contribution < 1.29 is 22.7 Å². The highest BCUT2D eigenvalue weighted by atomic mass is 19.4. The maximum atomic E-state index is 12.9. The minimum atomic E-state index is -4.37. The average molecular weight is 344 g/mol. The molecule has 4 nitrogen and oxygen atoms in total. The zero-order valence-corrected chi connectivity index (χ0v) is 13.8. The molecule has 0 spiro atoms. The van der Waals surface area contributed by atoms with Gasteiger partial charge in [0.1, 0.15) is 0 Å². The SMILES string of the molecule is CC(C)CC1C(C(N)=O)OCCN1Cc1cccc(C(F)(F)F)c1. The molecule has 1 amide bonds. The second kappa shape index (κ2) is 7.53. The van der Waals surface area contributed by atoms with Crippen LogP contribution in [-0.4, -0.2) is 36.1 Å². The zero-order valence-electron chi connectivity index (χ0n) is 13.8. The maximum Gasteiger partial charge on any atom is 0.416 e. The van der Waals surface area contributed by atoms with Crippen LogP contribution in [0.3, 0.4) is 0 Å². The van der Waals surface area contributed by atoms with Crippen molar-refractivity contribution >= 4 is 5.91 Å². The molecule has 2 atom stereocenters. The summed E-state index contributed by atoms with van der Waals surface area (Å²) in [6.45, 7) is 5.26. The molecule has 1 saturated heterocycles. The molecular weight excluding hydrogens is 321 g/mol. The van der Waals surface area contributed by atoms with Gasteiger partial charge in [-0.25, -0.2) is 0 Å². The minimum absolute atomic E-state index is 0.231. The number of primary amides is 1. The van der Waals surface area contributed by atoms with E-state index in [1.54, 1.807) is 6.07 Å². The summed E-state index contributed by atoms with van der Waals surface area (Å²) in [6, 6.07) is 5.05. The standard InChI is InChI=1S/C17H23F3N2O2/c1-11(2)8-14-15(16(21)23)24-7-6-22(14)10-12-4-3-5-13(9-12)17(18,19)20/h3-5,9,11,14-15H,6-8,10H2,1-2H3,(H2,21,23). The van der Waals surface area contributed by atoms with E-state index in [9.17, 15) is 18.0 Å². The van der Waals surface area contributed by atoms with Gasteiger partial charge in [-0.05, 0) is 24.0 Å². The Kier molecular flexibility index (Phi) is 5.87. The Morgan fingerprint density at radius 1 is 1.42 bits per heavy atom. The number of hydrogen-bond acceptors (Lipinski definition) is 3. The van der Waals surface area contributed by atoms with E-state index in [0.29, 0.717) is 37.6 Å². The van der Waals surface area contributed by atoms with Gasteiger partial charge < -0.3 is 10.5 Å². The molecule has 1 aliphatic heterocycles. The Balaban J connectivity index is 2.20. The van der Waals surface area contributed by atoms with Gasteiger partial charge in [0.25, 0.3) is 0 Å². The lowest BCUT2D eigenvalue weighted by Gasteiger charge is -2.40.